The van der Waals surface area contributed by atoms with E-state index in [4.69, 9.17) is 17.3 Å². The topological polar surface area (TPSA) is 50.4 Å². The Balaban J connectivity index is 2.16. The molecule has 3 nitrogen and oxygen atoms in total. The molecule has 20 heavy (non-hydrogen) atoms. The maximum atomic E-state index is 5.99. The van der Waals surface area contributed by atoms with Gasteiger partial charge in [0.1, 0.15) is 0 Å². The third kappa shape index (κ3) is 3.66. The number of guanidine groups is 1. The van der Waals surface area contributed by atoms with E-state index in [9.17, 15) is 0 Å². The van der Waals surface area contributed by atoms with Crippen LogP contribution in [0.15, 0.2) is 29.3 Å². The molecule has 1 saturated carbocycles. The van der Waals surface area contributed by atoms with Gasteiger partial charge in [0.15, 0.2) is 5.96 Å². The summed E-state index contributed by atoms with van der Waals surface area (Å²) in [4.78, 5) is 4.57. The Hall–Kier alpha value is -1.22. The number of benzene rings is 1. The molecule has 110 valence electrons. The molecule has 4 heteroatoms. The van der Waals surface area contributed by atoms with Crippen LogP contribution in [-0.2, 0) is 5.41 Å². The van der Waals surface area contributed by atoms with Crippen LogP contribution < -0.4 is 11.1 Å². The lowest BCUT2D eigenvalue weighted by Gasteiger charge is -2.28. The Morgan fingerprint density at radius 3 is 2.45 bits per heavy atom. The molecule has 0 heterocycles. The molecule has 1 aliphatic rings. The van der Waals surface area contributed by atoms with Crippen molar-refractivity contribution < 1.29 is 0 Å². The summed E-state index contributed by atoms with van der Waals surface area (Å²) in [6.45, 7) is 4.88. The first-order chi connectivity index (χ1) is 9.52. The second kappa shape index (κ2) is 6.49. The van der Waals surface area contributed by atoms with Gasteiger partial charge in [0.05, 0.1) is 6.54 Å². The van der Waals surface area contributed by atoms with Crippen molar-refractivity contribution in [3.05, 3.63) is 34.9 Å². The highest BCUT2D eigenvalue weighted by Gasteiger charge is 2.35. The third-order valence-corrected chi connectivity index (χ3v) is 4.26. The number of hydrogen-bond acceptors (Lipinski definition) is 1. The zero-order valence-electron chi connectivity index (χ0n) is 12.3. The minimum atomic E-state index is 0.133. The summed E-state index contributed by atoms with van der Waals surface area (Å²) in [7, 11) is 0. The molecule has 0 aliphatic heterocycles. The van der Waals surface area contributed by atoms with Crippen molar-refractivity contribution >= 4 is 17.6 Å². The lowest BCUT2D eigenvalue weighted by molar-refractivity contribution is 0.453. The fourth-order valence-corrected chi connectivity index (χ4v) is 3.10. The summed E-state index contributed by atoms with van der Waals surface area (Å²) in [5.74, 6) is 0.542. The van der Waals surface area contributed by atoms with Gasteiger partial charge in [-0.05, 0) is 44.4 Å². The molecule has 0 spiro atoms. The van der Waals surface area contributed by atoms with E-state index < -0.39 is 0 Å². The third-order valence-electron chi connectivity index (χ3n) is 4.01. The zero-order chi connectivity index (χ0) is 14.6. The number of aliphatic imine (C=N–C) groups is 1. The number of nitrogens with one attached hydrogen (secondary N) is 1. The van der Waals surface area contributed by atoms with Crippen LogP contribution in [0.4, 0.5) is 0 Å². The molecule has 0 bridgehead atoms. The first-order valence-electron chi connectivity index (χ1n) is 7.34. The van der Waals surface area contributed by atoms with Gasteiger partial charge in [-0.3, -0.25) is 4.99 Å². The van der Waals surface area contributed by atoms with Gasteiger partial charge >= 0.3 is 0 Å². The van der Waals surface area contributed by atoms with Gasteiger partial charge in [0.2, 0.25) is 0 Å². The van der Waals surface area contributed by atoms with E-state index in [0.29, 0.717) is 12.0 Å². The molecule has 0 saturated heterocycles. The SMILES string of the molecule is CC(C)NC(N)=NCC1(c2ccc(Cl)cc2)CCCC1. The summed E-state index contributed by atoms with van der Waals surface area (Å²) in [5.41, 5.74) is 7.40. The fraction of sp³-hybridized carbons (Fsp3) is 0.562. The van der Waals surface area contributed by atoms with E-state index in [1.54, 1.807) is 0 Å². The van der Waals surface area contributed by atoms with E-state index >= 15 is 0 Å². The van der Waals surface area contributed by atoms with Crippen LogP contribution in [0.3, 0.4) is 0 Å². The number of nitrogens with two attached hydrogens (primary N) is 1. The Kier molecular flexibility index (Phi) is 4.92. The highest BCUT2D eigenvalue weighted by atomic mass is 35.5. The molecular formula is C16H24ClN3. The first kappa shape index (κ1) is 15.2. The monoisotopic (exact) mass is 293 g/mol. The zero-order valence-corrected chi connectivity index (χ0v) is 13.1. The van der Waals surface area contributed by atoms with E-state index in [0.717, 1.165) is 11.6 Å². The number of nitrogens with zero attached hydrogens (tertiary/aromatic N) is 1. The lowest BCUT2D eigenvalue weighted by Crippen LogP contribution is -2.38. The molecule has 0 amide bonds. The van der Waals surface area contributed by atoms with Gasteiger partial charge in [-0.1, -0.05) is 36.6 Å². The van der Waals surface area contributed by atoms with E-state index in [1.165, 1.54) is 31.2 Å². The van der Waals surface area contributed by atoms with Crippen molar-refractivity contribution in [1.29, 1.82) is 0 Å². The van der Waals surface area contributed by atoms with Crippen LogP contribution in [-0.4, -0.2) is 18.5 Å². The minimum Gasteiger partial charge on any atom is -0.370 e. The summed E-state index contributed by atoms with van der Waals surface area (Å²) in [6, 6.07) is 8.52. The van der Waals surface area contributed by atoms with Crippen molar-refractivity contribution in [2.75, 3.05) is 6.54 Å². The van der Waals surface area contributed by atoms with E-state index in [-0.39, 0.29) is 5.41 Å². The highest BCUT2D eigenvalue weighted by molar-refractivity contribution is 6.30. The Labute approximate surface area is 126 Å². The van der Waals surface area contributed by atoms with Crippen LogP contribution in [0.2, 0.25) is 5.02 Å². The molecule has 0 unspecified atom stereocenters. The van der Waals surface area contributed by atoms with Crippen molar-refractivity contribution in [1.82, 2.24) is 5.32 Å². The second-order valence-corrected chi connectivity index (χ2v) is 6.43. The average molecular weight is 294 g/mol. The Bertz CT molecular complexity index is 459. The maximum absolute atomic E-state index is 5.99. The average Bonchev–Trinajstić information content (AvgIpc) is 2.86. The van der Waals surface area contributed by atoms with Crippen LogP contribution in [0.5, 0.6) is 0 Å². The van der Waals surface area contributed by atoms with Crippen LogP contribution in [0, 0.1) is 0 Å². The molecule has 1 aromatic rings. The van der Waals surface area contributed by atoms with Gasteiger partial charge in [-0.15, -0.1) is 0 Å². The van der Waals surface area contributed by atoms with Crippen LogP contribution in [0.1, 0.15) is 45.1 Å². The van der Waals surface area contributed by atoms with Gasteiger partial charge in [0, 0.05) is 16.5 Å². The molecule has 1 aromatic carbocycles. The van der Waals surface area contributed by atoms with Crippen molar-refractivity contribution in [2.24, 2.45) is 10.7 Å². The number of halogens is 1. The standard InChI is InChI=1S/C16H24ClN3/c1-12(2)20-15(18)19-11-16(9-3-4-10-16)13-5-7-14(17)8-6-13/h5-8,12H,3-4,9-11H2,1-2H3,(H3,18,19,20). The number of hydrogen-bond donors (Lipinski definition) is 2. The molecule has 2 rings (SSSR count). The van der Waals surface area contributed by atoms with Gasteiger partial charge in [-0.25, -0.2) is 0 Å². The molecule has 1 fully saturated rings. The summed E-state index contributed by atoms with van der Waals surface area (Å²) in [5, 5.41) is 3.93. The largest absolute Gasteiger partial charge is 0.370 e. The molecule has 3 N–H and O–H groups in total. The Morgan fingerprint density at radius 2 is 1.90 bits per heavy atom. The molecule has 0 radical (unpaired) electrons. The smallest absolute Gasteiger partial charge is 0.188 e. The molecule has 0 atom stereocenters. The summed E-state index contributed by atoms with van der Waals surface area (Å²) < 4.78 is 0. The van der Waals surface area contributed by atoms with Crippen molar-refractivity contribution in [3.63, 3.8) is 0 Å². The van der Waals surface area contributed by atoms with Gasteiger partial charge in [-0.2, -0.15) is 0 Å². The predicted octanol–water partition coefficient (Wildman–Crippen LogP) is 3.46. The Morgan fingerprint density at radius 1 is 1.30 bits per heavy atom. The lowest BCUT2D eigenvalue weighted by atomic mass is 9.79. The van der Waals surface area contributed by atoms with Gasteiger partial charge in [0.25, 0.3) is 0 Å². The van der Waals surface area contributed by atoms with Crippen molar-refractivity contribution in [3.8, 4) is 0 Å². The van der Waals surface area contributed by atoms with E-state index in [2.05, 4.69) is 36.3 Å². The number of rotatable bonds is 4. The van der Waals surface area contributed by atoms with Crippen LogP contribution >= 0.6 is 11.6 Å². The maximum Gasteiger partial charge on any atom is 0.188 e. The quantitative estimate of drug-likeness (QED) is 0.660. The van der Waals surface area contributed by atoms with Crippen molar-refractivity contribution in [2.45, 2.75) is 51.0 Å². The highest BCUT2D eigenvalue weighted by Crippen LogP contribution is 2.41. The first-order valence-corrected chi connectivity index (χ1v) is 7.72. The molecular weight excluding hydrogens is 270 g/mol. The van der Waals surface area contributed by atoms with Crippen LogP contribution in [0.25, 0.3) is 0 Å². The van der Waals surface area contributed by atoms with E-state index in [1.807, 2.05) is 12.1 Å². The molecule has 1 aliphatic carbocycles. The summed E-state index contributed by atoms with van der Waals surface area (Å²) >= 11 is 5.99. The minimum absolute atomic E-state index is 0.133. The molecule has 0 aromatic heterocycles. The normalized spacial score (nSPS) is 18.5. The second-order valence-electron chi connectivity index (χ2n) is 5.99. The van der Waals surface area contributed by atoms with Gasteiger partial charge < -0.3 is 11.1 Å². The summed E-state index contributed by atoms with van der Waals surface area (Å²) in [6.07, 6.45) is 4.87. The fourth-order valence-electron chi connectivity index (χ4n) is 2.97. The predicted molar refractivity (Wildman–Crippen MR) is 86.4 cm³/mol.